The molecule has 1 aliphatic heterocycles. The Morgan fingerprint density at radius 2 is 1.84 bits per heavy atom. The lowest BCUT2D eigenvalue weighted by Gasteiger charge is -2.42. The summed E-state index contributed by atoms with van der Waals surface area (Å²) in [6.45, 7) is 3.84. The van der Waals surface area contributed by atoms with Gasteiger partial charge in [-0.15, -0.1) is 0 Å². The normalized spacial score (nSPS) is 20.5. The van der Waals surface area contributed by atoms with Crippen LogP contribution in [0.25, 0.3) is 21.8 Å². The first kappa shape index (κ1) is 24.4. The average molecular weight is 508 g/mol. The molecule has 38 heavy (non-hydrogen) atoms. The molecule has 0 radical (unpaired) electrons. The fourth-order valence-corrected chi connectivity index (χ4v) is 6.55. The van der Waals surface area contributed by atoms with Crippen LogP contribution in [-0.4, -0.2) is 59.8 Å². The van der Waals surface area contributed by atoms with Crippen LogP contribution in [0.3, 0.4) is 0 Å². The van der Waals surface area contributed by atoms with Gasteiger partial charge in [0.1, 0.15) is 0 Å². The molecule has 2 aromatic carbocycles. The lowest BCUT2D eigenvalue weighted by atomic mass is 9.81. The van der Waals surface area contributed by atoms with Crippen LogP contribution in [0, 0.1) is 11.3 Å². The van der Waals surface area contributed by atoms with Gasteiger partial charge in [0, 0.05) is 68.0 Å². The zero-order valence-corrected chi connectivity index (χ0v) is 22.1. The fraction of sp³-hybridized carbons (Fsp3) is 0.387. The van der Waals surface area contributed by atoms with Crippen LogP contribution in [0.5, 0.6) is 0 Å². The first-order valence-corrected chi connectivity index (χ1v) is 13.5. The van der Waals surface area contributed by atoms with Gasteiger partial charge in [0.2, 0.25) is 0 Å². The summed E-state index contributed by atoms with van der Waals surface area (Å²) in [6.07, 6.45) is 8.83. The number of hydrogen-bond acceptors (Lipinski definition) is 6. The van der Waals surface area contributed by atoms with E-state index in [1.807, 2.05) is 36.5 Å². The van der Waals surface area contributed by atoms with E-state index in [4.69, 9.17) is 4.74 Å². The molecule has 2 aromatic heterocycles. The molecule has 4 aromatic rings. The first-order chi connectivity index (χ1) is 18.6. The number of aryl methyl sites for hydroxylation is 1. The number of rotatable bonds is 4. The number of nitriles is 1. The number of esters is 1. The number of carbonyl (C=O) groups excluding carboxylic acids is 1. The predicted molar refractivity (Wildman–Crippen MR) is 149 cm³/mol. The molecule has 2 aliphatic rings. The molecule has 2 fully saturated rings. The van der Waals surface area contributed by atoms with Gasteiger partial charge in [0.15, 0.2) is 0 Å². The molecule has 0 amide bonds. The molecule has 0 spiro atoms. The van der Waals surface area contributed by atoms with Crippen LogP contribution in [0.4, 0.5) is 5.69 Å². The maximum absolute atomic E-state index is 12.3. The second-order valence-corrected chi connectivity index (χ2v) is 10.6. The SMILES string of the molecule is COC(=O)c1cc(N2CCN([C@H]3CC[C@@H](c4cn(C)c5ccc(C#N)cc54)CC3)CC2)c2ncccc2c1. The highest BCUT2D eigenvalue weighted by atomic mass is 16.5. The number of piperazine rings is 1. The Labute approximate surface area is 223 Å². The fourth-order valence-electron chi connectivity index (χ4n) is 6.55. The highest BCUT2D eigenvalue weighted by molar-refractivity contribution is 6.00. The third kappa shape index (κ3) is 4.39. The van der Waals surface area contributed by atoms with E-state index in [2.05, 4.69) is 50.8 Å². The van der Waals surface area contributed by atoms with Crippen molar-refractivity contribution in [1.29, 1.82) is 5.26 Å². The van der Waals surface area contributed by atoms with Crippen molar-refractivity contribution < 1.29 is 9.53 Å². The minimum atomic E-state index is -0.317. The lowest BCUT2D eigenvalue weighted by molar-refractivity contribution is 0.0601. The summed E-state index contributed by atoms with van der Waals surface area (Å²) >= 11 is 0. The largest absolute Gasteiger partial charge is 0.465 e. The van der Waals surface area contributed by atoms with Gasteiger partial charge in [-0.25, -0.2) is 4.79 Å². The highest BCUT2D eigenvalue weighted by Crippen LogP contribution is 2.39. The van der Waals surface area contributed by atoms with Crippen molar-refractivity contribution >= 4 is 33.5 Å². The predicted octanol–water partition coefficient (Wildman–Crippen LogP) is 5.23. The van der Waals surface area contributed by atoms with Crippen molar-refractivity contribution in [1.82, 2.24) is 14.5 Å². The number of methoxy groups -OCH3 is 1. The van der Waals surface area contributed by atoms with E-state index >= 15 is 0 Å². The number of fused-ring (bicyclic) bond motifs is 2. The third-order valence-electron chi connectivity index (χ3n) is 8.56. The molecule has 194 valence electrons. The molecule has 0 atom stereocenters. The Bertz CT molecular complexity index is 1540. The van der Waals surface area contributed by atoms with Crippen LogP contribution in [-0.2, 0) is 11.8 Å². The Balaban J connectivity index is 1.13. The van der Waals surface area contributed by atoms with Gasteiger partial charge in [0.25, 0.3) is 0 Å². The zero-order valence-electron chi connectivity index (χ0n) is 22.1. The molecule has 1 saturated heterocycles. The molecule has 0 bridgehead atoms. The summed E-state index contributed by atoms with van der Waals surface area (Å²) in [4.78, 5) is 22.0. The minimum Gasteiger partial charge on any atom is -0.465 e. The number of nitrogens with zero attached hydrogens (tertiary/aromatic N) is 5. The average Bonchev–Trinajstić information content (AvgIpc) is 3.31. The van der Waals surface area contributed by atoms with Gasteiger partial charge in [-0.1, -0.05) is 6.07 Å². The molecule has 0 unspecified atom stereocenters. The van der Waals surface area contributed by atoms with Crippen molar-refractivity contribution in [2.75, 3.05) is 38.2 Å². The number of ether oxygens (including phenoxy) is 1. The molecule has 7 heteroatoms. The minimum absolute atomic E-state index is 0.317. The Morgan fingerprint density at radius 1 is 1.05 bits per heavy atom. The van der Waals surface area contributed by atoms with Crippen LogP contribution < -0.4 is 4.90 Å². The molecule has 1 aliphatic carbocycles. The van der Waals surface area contributed by atoms with Gasteiger partial charge >= 0.3 is 5.97 Å². The van der Waals surface area contributed by atoms with Gasteiger partial charge < -0.3 is 14.2 Å². The van der Waals surface area contributed by atoms with Gasteiger partial charge in [0.05, 0.1) is 35.5 Å². The Kier molecular flexibility index (Phi) is 6.50. The third-order valence-corrected chi connectivity index (χ3v) is 8.56. The first-order valence-electron chi connectivity index (χ1n) is 13.5. The second-order valence-electron chi connectivity index (χ2n) is 10.6. The van der Waals surface area contributed by atoms with Crippen LogP contribution >= 0.6 is 0 Å². The quantitative estimate of drug-likeness (QED) is 0.352. The van der Waals surface area contributed by atoms with Gasteiger partial charge in [-0.2, -0.15) is 5.26 Å². The molecule has 1 saturated carbocycles. The molecule has 0 N–H and O–H groups in total. The zero-order chi connectivity index (χ0) is 26.2. The van der Waals surface area contributed by atoms with Gasteiger partial charge in [-0.05, 0) is 73.6 Å². The van der Waals surface area contributed by atoms with E-state index in [-0.39, 0.29) is 5.97 Å². The lowest BCUT2D eigenvalue weighted by Crippen LogP contribution is -2.51. The van der Waals surface area contributed by atoms with Crippen LogP contribution in [0.2, 0.25) is 0 Å². The van der Waals surface area contributed by atoms with Crippen molar-refractivity contribution in [3.05, 3.63) is 71.5 Å². The molecule has 6 rings (SSSR count). The monoisotopic (exact) mass is 507 g/mol. The van der Waals surface area contributed by atoms with Gasteiger partial charge in [-0.3, -0.25) is 9.88 Å². The summed E-state index contributed by atoms with van der Waals surface area (Å²) in [5, 5.41) is 11.6. The van der Waals surface area contributed by atoms with Crippen LogP contribution in [0.15, 0.2) is 54.9 Å². The standard InChI is InChI=1S/C31H33N5O2/c1-34-20-27(26-16-21(19-32)5-10-28(26)34)22-6-8-25(9-7-22)35-12-14-36(15-13-35)29-18-24(31(37)38-2)17-23-4-3-11-33-30(23)29/h3-5,10-11,16-18,20,22,25H,6-9,12-15H2,1-2H3/t22-,25+. The molecule has 3 heterocycles. The number of anilines is 1. The van der Waals surface area contributed by atoms with Crippen molar-refractivity contribution in [3.63, 3.8) is 0 Å². The molecular weight excluding hydrogens is 474 g/mol. The van der Waals surface area contributed by atoms with E-state index in [0.717, 1.165) is 48.3 Å². The summed E-state index contributed by atoms with van der Waals surface area (Å²) in [5.41, 5.74) is 5.85. The summed E-state index contributed by atoms with van der Waals surface area (Å²) < 4.78 is 7.20. The maximum atomic E-state index is 12.3. The van der Waals surface area contributed by atoms with E-state index in [9.17, 15) is 10.1 Å². The molecular formula is C31H33N5O2. The van der Waals surface area contributed by atoms with Crippen molar-refractivity contribution in [3.8, 4) is 6.07 Å². The van der Waals surface area contributed by atoms with E-state index in [1.165, 1.54) is 49.3 Å². The molecule has 7 nitrogen and oxygen atoms in total. The van der Waals surface area contributed by atoms with E-state index in [1.54, 1.807) is 0 Å². The smallest absolute Gasteiger partial charge is 0.337 e. The topological polar surface area (TPSA) is 74.4 Å². The van der Waals surface area contributed by atoms with Crippen LogP contribution in [0.1, 0.15) is 53.1 Å². The summed E-state index contributed by atoms with van der Waals surface area (Å²) in [7, 11) is 3.52. The number of pyridine rings is 1. The number of hydrogen-bond donors (Lipinski definition) is 0. The van der Waals surface area contributed by atoms with E-state index < -0.39 is 0 Å². The van der Waals surface area contributed by atoms with Crippen molar-refractivity contribution in [2.24, 2.45) is 7.05 Å². The van der Waals surface area contributed by atoms with E-state index in [0.29, 0.717) is 17.5 Å². The second kappa shape index (κ2) is 10.1. The number of benzene rings is 2. The Hall–Kier alpha value is -3.89. The number of carbonyl (C=O) groups is 1. The maximum Gasteiger partial charge on any atom is 0.337 e. The summed E-state index contributed by atoms with van der Waals surface area (Å²) in [6, 6.07) is 16.7. The highest BCUT2D eigenvalue weighted by Gasteiger charge is 2.31. The van der Waals surface area contributed by atoms with Crippen molar-refractivity contribution in [2.45, 2.75) is 37.6 Å². The number of aromatic nitrogens is 2. The Morgan fingerprint density at radius 3 is 2.58 bits per heavy atom. The summed E-state index contributed by atoms with van der Waals surface area (Å²) in [5.74, 6) is 0.228.